The standard InChI is InChI=1S/C19H25N5O3/c1-21-8-10-23(11-9-21)18(26)14-2-3-17-16(12-14)20-19(27)24(17)15-4-6-22(13-25)7-5-15/h2-3,12-13,15H,4-11H2,1H3,(H,20,27). The Morgan fingerprint density at radius 1 is 1.11 bits per heavy atom. The minimum atomic E-state index is -0.154. The molecule has 2 aliphatic rings. The summed E-state index contributed by atoms with van der Waals surface area (Å²) in [7, 11) is 2.06. The number of aromatic nitrogens is 2. The van der Waals surface area contributed by atoms with Gasteiger partial charge in [0.25, 0.3) is 5.91 Å². The third-order valence-corrected chi connectivity index (χ3v) is 5.77. The second-order valence-corrected chi connectivity index (χ2v) is 7.50. The fraction of sp³-hybridized carbons (Fsp3) is 0.526. The Labute approximate surface area is 157 Å². The third-order valence-electron chi connectivity index (χ3n) is 5.77. The molecule has 0 radical (unpaired) electrons. The first kappa shape index (κ1) is 17.8. The van der Waals surface area contributed by atoms with Crippen LogP contribution in [0, 0.1) is 0 Å². The summed E-state index contributed by atoms with van der Waals surface area (Å²) in [5, 5.41) is 0. The SMILES string of the molecule is CN1CCN(C(=O)c2ccc3c(c2)[nH]c(=O)n3C2CCN(C=O)CC2)CC1. The summed E-state index contributed by atoms with van der Waals surface area (Å²) >= 11 is 0. The van der Waals surface area contributed by atoms with Crippen LogP contribution in [-0.4, -0.2) is 82.9 Å². The van der Waals surface area contributed by atoms with Crippen LogP contribution in [0.1, 0.15) is 29.2 Å². The molecule has 0 atom stereocenters. The summed E-state index contributed by atoms with van der Waals surface area (Å²) in [4.78, 5) is 44.9. The molecule has 1 aromatic carbocycles. The number of likely N-dealkylation sites (tertiary alicyclic amines) is 1. The van der Waals surface area contributed by atoms with Gasteiger partial charge in [-0.1, -0.05) is 0 Å². The largest absolute Gasteiger partial charge is 0.345 e. The highest BCUT2D eigenvalue weighted by molar-refractivity contribution is 5.97. The molecule has 2 amide bonds. The van der Waals surface area contributed by atoms with E-state index in [2.05, 4.69) is 16.9 Å². The number of piperazine rings is 1. The fourth-order valence-corrected chi connectivity index (χ4v) is 4.07. The topological polar surface area (TPSA) is 81.7 Å². The van der Waals surface area contributed by atoms with Crippen LogP contribution in [0.3, 0.4) is 0 Å². The molecule has 1 aromatic heterocycles. The van der Waals surface area contributed by atoms with Crippen molar-refractivity contribution in [2.45, 2.75) is 18.9 Å². The molecule has 0 saturated carbocycles. The minimum Gasteiger partial charge on any atom is -0.345 e. The molecular weight excluding hydrogens is 346 g/mol. The number of aromatic amines is 1. The predicted octanol–water partition coefficient (Wildman–Crippen LogP) is 0.511. The molecule has 0 unspecified atom stereocenters. The van der Waals surface area contributed by atoms with E-state index < -0.39 is 0 Å². The quantitative estimate of drug-likeness (QED) is 0.797. The number of likely N-dealkylation sites (N-methyl/N-ethyl adjacent to an activating group) is 1. The van der Waals surface area contributed by atoms with Crippen LogP contribution in [0.15, 0.2) is 23.0 Å². The van der Waals surface area contributed by atoms with Gasteiger partial charge in [0.05, 0.1) is 11.0 Å². The van der Waals surface area contributed by atoms with Crippen LogP contribution in [0.5, 0.6) is 0 Å². The first-order valence-corrected chi connectivity index (χ1v) is 9.48. The van der Waals surface area contributed by atoms with Gasteiger partial charge in [0.1, 0.15) is 0 Å². The second-order valence-electron chi connectivity index (χ2n) is 7.50. The number of fused-ring (bicyclic) bond motifs is 1. The van der Waals surface area contributed by atoms with E-state index in [4.69, 9.17) is 0 Å². The fourth-order valence-electron chi connectivity index (χ4n) is 4.07. The van der Waals surface area contributed by atoms with Crippen molar-refractivity contribution in [3.63, 3.8) is 0 Å². The Kier molecular flexibility index (Phi) is 4.73. The Hall–Kier alpha value is -2.61. The number of amides is 2. The third kappa shape index (κ3) is 3.37. The van der Waals surface area contributed by atoms with E-state index in [1.165, 1.54) is 0 Å². The van der Waals surface area contributed by atoms with Crippen LogP contribution >= 0.6 is 0 Å². The summed E-state index contributed by atoms with van der Waals surface area (Å²) in [6.45, 7) is 4.52. The van der Waals surface area contributed by atoms with Crippen molar-refractivity contribution in [1.29, 1.82) is 0 Å². The first-order chi connectivity index (χ1) is 13.1. The molecule has 2 saturated heterocycles. The van der Waals surface area contributed by atoms with Crippen LogP contribution in [0.4, 0.5) is 0 Å². The highest BCUT2D eigenvalue weighted by Gasteiger charge is 2.24. The Balaban J connectivity index is 1.58. The van der Waals surface area contributed by atoms with Gasteiger partial charge < -0.3 is 19.7 Å². The molecule has 0 bridgehead atoms. The maximum Gasteiger partial charge on any atom is 0.326 e. The number of rotatable bonds is 3. The van der Waals surface area contributed by atoms with Gasteiger partial charge in [0, 0.05) is 50.9 Å². The highest BCUT2D eigenvalue weighted by Crippen LogP contribution is 2.25. The molecule has 2 aromatic rings. The van der Waals surface area contributed by atoms with E-state index in [0.29, 0.717) is 24.2 Å². The van der Waals surface area contributed by atoms with Gasteiger partial charge in [-0.15, -0.1) is 0 Å². The lowest BCUT2D eigenvalue weighted by atomic mass is 10.0. The number of nitrogens with one attached hydrogen (secondary N) is 1. The Morgan fingerprint density at radius 2 is 1.81 bits per heavy atom. The van der Waals surface area contributed by atoms with Crippen molar-refractivity contribution in [3.8, 4) is 0 Å². The van der Waals surface area contributed by atoms with E-state index in [0.717, 1.165) is 50.9 Å². The van der Waals surface area contributed by atoms with Gasteiger partial charge >= 0.3 is 5.69 Å². The molecule has 2 fully saturated rings. The van der Waals surface area contributed by atoms with E-state index in [-0.39, 0.29) is 17.6 Å². The minimum absolute atomic E-state index is 0.0119. The normalized spacial score (nSPS) is 19.6. The van der Waals surface area contributed by atoms with Crippen LogP contribution in [-0.2, 0) is 4.79 Å². The number of benzene rings is 1. The van der Waals surface area contributed by atoms with Crippen LogP contribution in [0.2, 0.25) is 0 Å². The summed E-state index contributed by atoms with van der Waals surface area (Å²) in [5.74, 6) is 0.0119. The number of carbonyl (C=O) groups is 2. The summed E-state index contributed by atoms with van der Waals surface area (Å²) < 4.78 is 1.78. The van der Waals surface area contributed by atoms with Crippen molar-refractivity contribution < 1.29 is 9.59 Å². The van der Waals surface area contributed by atoms with Crippen molar-refractivity contribution in [2.75, 3.05) is 46.3 Å². The number of nitrogens with zero attached hydrogens (tertiary/aromatic N) is 4. The van der Waals surface area contributed by atoms with Crippen molar-refractivity contribution in [3.05, 3.63) is 34.2 Å². The number of carbonyl (C=O) groups excluding carboxylic acids is 2. The predicted molar refractivity (Wildman–Crippen MR) is 102 cm³/mol. The molecule has 8 heteroatoms. The van der Waals surface area contributed by atoms with Crippen molar-refractivity contribution in [2.24, 2.45) is 0 Å². The molecule has 27 heavy (non-hydrogen) atoms. The van der Waals surface area contributed by atoms with E-state index >= 15 is 0 Å². The molecule has 2 aliphatic heterocycles. The van der Waals surface area contributed by atoms with Gasteiger partial charge in [-0.25, -0.2) is 4.79 Å². The second kappa shape index (κ2) is 7.19. The summed E-state index contributed by atoms with van der Waals surface area (Å²) in [6, 6.07) is 5.53. The maximum atomic E-state index is 12.8. The van der Waals surface area contributed by atoms with Gasteiger partial charge in [0.15, 0.2) is 0 Å². The monoisotopic (exact) mass is 371 g/mol. The molecule has 1 N–H and O–H groups in total. The average Bonchev–Trinajstić information content (AvgIpc) is 3.03. The molecule has 8 nitrogen and oxygen atoms in total. The molecule has 3 heterocycles. The number of H-pyrrole nitrogens is 1. The summed E-state index contributed by atoms with van der Waals surface area (Å²) in [5.41, 5.74) is 1.97. The van der Waals surface area contributed by atoms with Crippen molar-refractivity contribution >= 4 is 23.4 Å². The Bertz CT molecular complexity index is 902. The zero-order valence-corrected chi connectivity index (χ0v) is 15.6. The lowest BCUT2D eigenvalue weighted by Gasteiger charge is -2.32. The van der Waals surface area contributed by atoms with Gasteiger partial charge in [0.2, 0.25) is 6.41 Å². The van der Waals surface area contributed by atoms with E-state index in [1.54, 1.807) is 15.5 Å². The van der Waals surface area contributed by atoms with Gasteiger partial charge in [-0.05, 0) is 38.1 Å². The van der Waals surface area contributed by atoms with Crippen molar-refractivity contribution in [1.82, 2.24) is 24.3 Å². The molecule has 0 aliphatic carbocycles. The van der Waals surface area contributed by atoms with Gasteiger partial charge in [-0.2, -0.15) is 0 Å². The van der Waals surface area contributed by atoms with Crippen LogP contribution < -0.4 is 5.69 Å². The summed E-state index contributed by atoms with van der Waals surface area (Å²) in [6.07, 6.45) is 2.38. The van der Waals surface area contributed by atoms with E-state index in [9.17, 15) is 14.4 Å². The zero-order valence-electron chi connectivity index (χ0n) is 15.6. The smallest absolute Gasteiger partial charge is 0.326 e. The maximum absolute atomic E-state index is 12.8. The lowest BCUT2D eigenvalue weighted by Crippen LogP contribution is -2.47. The van der Waals surface area contributed by atoms with Crippen LogP contribution in [0.25, 0.3) is 11.0 Å². The highest BCUT2D eigenvalue weighted by atomic mass is 16.2. The van der Waals surface area contributed by atoms with Gasteiger partial charge in [-0.3, -0.25) is 14.2 Å². The number of hydrogen-bond acceptors (Lipinski definition) is 4. The average molecular weight is 371 g/mol. The first-order valence-electron chi connectivity index (χ1n) is 9.48. The zero-order chi connectivity index (χ0) is 19.0. The number of piperidine rings is 1. The Morgan fingerprint density at radius 3 is 2.48 bits per heavy atom. The lowest BCUT2D eigenvalue weighted by molar-refractivity contribution is -0.119. The molecule has 0 spiro atoms. The molecule has 4 rings (SSSR count). The number of imidazole rings is 1. The number of hydrogen-bond donors (Lipinski definition) is 1. The molecule has 144 valence electrons. The molecular formula is C19H25N5O3. The van der Waals surface area contributed by atoms with E-state index in [1.807, 2.05) is 17.0 Å².